The number of sulfonamides is 1. The van der Waals surface area contributed by atoms with Crippen LogP contribution in [0.3, 0.4) is 0 Å². The van der Waals surface area contributed by atoms with Crippen LogP contribution in [-0.4, -0.2) is 53.2 Å². The highest BCUT2D eigenvalue weighted by Crippen LogP contribution is 2.47. The van der Waals surface area contributed by atoms with Crippen molar-refractivity contribution in [1.82, 2.24) is 9.29 Å². The fraction of sp³-hybridized carbons (Fsp3) is 0.667. The molecule has 0 radical (unpaired) electrons. The Morgan fingerprint density at radius 2 is 2.32 bits per heavy atom. The maximum absolute atomic E-state index is 12.0. The van der Waals surface area contributed by atoms with Crippen molar-refractivity contribution in [2.45, 2.75) is 37.2 Å². The smallest absolute Gasteiger partial charge is 0.214 e. The summed E-state index contributed by atoms with van der Waals surface area (Å²) < 4.78 is 31.7. The van der Waals surface area contributed by atoms with Gasteiger partial charge in [-0.2, -0.15) is 4.31 Å². The lowest BCUT2D eigenvalue weighted by atomic mass is 9.95. The van der Waals surface area contributed by atoms with Gasteiger partial charge >= 0.3 is 0 Å². The van der Waals surface area contributed by atoms with E-state index in [1.165, 1.54) is 0 Å². The zero-order valence-electron chi connectivity index (χ0n) is 12.8. The molecule has 2 aliphatic rings. The van der Waals surface area contributed by atoms with E-state index < -0.39 is 10.0 Å². The number of pyridine rings is 1. The topological polar surface area (TPSA) is 59.5 Å². The van der Waals surface area contributed by atoms with Crippen molar-refractivity contribution in [2.24, 2.45) is 0 Å². The van der Waals surface area contributed by atoms with Gasteiger partial charge in [0.2, 0.25) is 10.0 Å². The summed E-state index contributed by atoms with van der Waals surface area (Å²) in [6.07, 6.45) is 5.40. The van der Waals surface area contributed by atoms with Crippen molar-refractivity contribution in [1.29, 1.82) is 0 Å². The summed E-state index contributed by atoms with van der Waals surface area (Å²) in [7, 11) is -3.04. The van der Waals surface area contributed by atoms with Crippen LogP contribution in [0, 0.1) is 0 Å². The van der Waals surface area contributed by atoms with E-state index in [0.717, 1.165) is 17.7 Å². The molecule has 22 heavy (non-hydrogen) atoms. The quantitative estimate of drug-likeness (QED) is 0.790. The third-order valence-corrected chi connectivity index (χ3v) is 7.71. The highest BCUT2D eigenvalue weighted by atomic mass is 32.2. The van der Waals surface area contributed by atoms with E-state index in [1.807, 2.05) is 37.0 Å². The van der Waals surface area contributed by atoms with Crippen molar-refractivity contribution in [3.63, 3.8) is 0 Å². The molecular weight excluding hydrogens is 320 g/mol. The molecule has 2 aliphatic heterocycles. The van der Waals surface area contributed by atoms with Gasteiger partial charge in [-0.3, -0.25) is 4.98 Å². The second-order valence-corrected chi connectivity index (χ2v) is 9.65. The number of hydrogen-bond donors (Lipinski definition) is 0. The maximum atomic E-state index is 12.0. The van der Waals surface area contributed by atoms with E-state index in [1.54, 1.807) is 10.5 Å². The molecule has 1 aromatic rings. The molecule has 7 heteroatoms. The standard InChI is InChI=1S/C15H22N2O3S2/c1-2-6-22(18,19)17-11-15(12-17)7-14(10-21-15)20-9-13-4-3-5-16-8-13/h3-5,8,14H,2,6-7,9-12H2,1H3. The van der Waals surface area contributed by atoms with Gasteiger partial charge in [-0.1, -0.05) is 13.0 Å². The van der Waals surface area contributed by atoms with Crippen LogP contribution in [-0.2, 0) is 21.4 Å². The number of nitrogens with zero attached hydrogens (tertiary/aromatic N) is 2. The molecule has 122 valence electrons. The summed E-state index contributed by atoms with van der Waals surface area (Å²) in [5, 5.41) is 0. The molecule has 0 saturated carbocycles. The number of aromatic nitrogens is 1. The Kier molecular flexibility index (Phi) is 4.77. The minimum absolute atomic E-state index is 0.0837. The number of rotatable bonds is 6. The second kappa shape index (κ2) is 6.47. The molecule has 2 saturated heterocycles. The van der Waals surface area contributed by atoms with E-state index in [0.29, 0.717) is 26.1 Å². The Morgan fingerprint density at radius 3 is 3.00 bits per heavy atom. The molecule has 0 amide bonds. The third kappa shape index (κ3) is 3.48. The molecule has 1 aromatic heterocycles. The van der Waals surface area contributed by atoms with Gasteiger partial charge in [0.25, 0.3) is 0 Å². The molecule has 1 spiro atoms. The van der Waals surface area contributed by atoms with Crippen LogP contribution >= 0.6 is 11.8 Å². The normalized spacial score (nSPS) is 24.5. The summed E-state index contributed by atoms with van der Waals surface area (Å²) in [4.78, 5) is 4.08. The fourth-order valence-corrected chi connectivity index (χ4v) is 6.38. The van der Waals surface area contributed by atoms with Crippen LogP contribution in [0.25, 0.3) is 0 Å². The van der Waals surface area contributed by atoms with Crippen LogP contribution in [0.4, 0.5) is 0 Å². The van der Waals surface area contributed by atoms with Gasteiger partial charge in [0.1, 0.15) is 0 Å². The van der Waals surface area contributed by atoms with Crippen LogP contribution in [0.15, 0.2) is 24.5 Å². The highest BCUT2D eigenvalue weighted by Gasteiger charge is 2.52. The molecule has 0 aliphatic carbocycles. The third-order valence-electron chi connectivity index (χ3n) is 4.17. The van der Waals surface area contributed by atoms with Crippen molar-refractivity contribution < 1.29 is 13.2 Å². The summed E-state index contributed by atoms with van der Waals surface area (Å²) in [6.45, 7) is 3.77. The lowest BCUT2D eigenvalue weighted by Gasteiger charge is -2.46. The average Bonchev–Trinajstić information content (AvgIpc) is 2.89. The Labute approximate surface area is 136 Å². The van der Waals surface area contributed by atoms with Crippen LogP contribution in [0.5, 0.6) is 0 Å². The minimum atomic E-state index is -3.04. The Bertz CT molecular complexity index is 600. The number of hydrogen-bond acceptors (Lipinski definition) is 5. The first-order valence-electron chi connectivity index (χ1n) is 7.65. The van der Waals surface area contributed by atoms with Crippen LogP contribution < -0.4 is 0 Å². The molecule has 2 fully saturated rings. The van der Waals surface area contributed by atoms with Gasteiger partial charge in [-0.25, -0.2) is 8.42 Å². The van der Waals surface area contributed by atoms with Gasteiger partial charge in [0.05, 0.1) is 18.5 Å². The molecular formula is C15H22N2O3S2. The highest BCUT2D eigenvalue weighted by molar-refractivity contribution is 8.01. The summed E-state index contributed by atoms with van der Waals surface area (Å²) >= 11 is 1.87. The molecule has 3 heterocycles. The van der Waals surface area contributed by atoms with Gasteiger partial charge in [0.15, 0.2) is 0 Å². The van der Waals surface area contributed by atoms with Gasteiger partial charge in [-0.05, 0) is 24.5 Å². The van der Waals surface area contributed by atoms with Crippen LogP contribution in [0.2, 0.25) is 0 Å². The molecule has 5 nitrogen and oxygen atoms in total. The molecule has 1 atom stereocenters. The van der Waals surface area contributed by atoms with E-state index in [-0.39, 0.29) is 16.6 Å². The first-order valence-corrected chi connectivity index (χ1v) is 10.2. The van der Waals surface area contributed by atoms with Crippen molar-refractivity contribution in [3.8, 4) is 0 Å². The van der Waals surface area contributed by atoms with E-state index in [9.17, 15) is 8.42 Å². The van der Waals surface area contributed by atoms with E-state index in [2.05, 4.69) is 4.98 Å². The first-order chi connectivity index (χ1) is 10.5. The Morgan fingerprint density at radius 1 is 1.50 bits per heavy atom. The molecule has 1 unspecified atom stereocenters. The van der Waals surface area contributed by atoms with E-state index >= 15 is 0 Å². The predicted octanol–water partition coefficient (Wildman–Crippen LogP) is 1.90. The summed E-state index contributed by atoms with van der Waals surface area (Å²) in [5.41, 5.74) is 1.08. The van der Waals surface area contributed by atoms with Gasteiger partial charge in [-0.15, -0.1) is 11.8 Å². The lowest BCUT2D eigenvalue weighted by molar-refractivity contribution is 0.0396. The Hall–Kier alpha value is -0.630. The molecule has 0 aromatic carbocycles. The summed E-state index contributed by atoms with van der Waals surface area (Å²) in [6, 6.07) is 3.92. The van der Waals surface area contributed by atoms with Gasteiger partial charge < -0.3 is 4.74 Å². The molecule has 3 rings (SSSR count). The monoisotopic (exact) mass is 342 g/mol. The maximum Gasteiger partial charge on any atom is 0.214 e. The predicted molar refractivity (Wildman–Crippen MR) is 88.3 cm³/mol. The Balaban J connectivity index is 1.48. The SMILES string of the molecule is CCCS(=O)(=O)N1CC2(CC(OCc3cccnc3)CS2)C1. The molecule has 0 N–H and O–H groups in total. The molecule has 0 bridgehead atoms. The zero-order chi connectivity index (χ0) is 15.6. The fourth-order valence-electron chi connectivity index (χ4n) is 3.01. The minimum Gasteiger partial charge on any atom is -0.373 e. The zero-order valence-corrected chi connectivity index (χ0v) is 14.4. The largest absolute Gasteiger partial charge is 0.373 e. The van der Waals surface area contributed by atoms with Crippen LogP contribution in [0.1, 0.15) is 25.3 Å². The number of thioether (sulfide) groups is 1. The van der Waals surface area contributed by atoms with Crippen molar-refractivity contribution in [3.05, 3.63) is 30.1 Å². The van der Waals surface area contributed by atoms with Gasteiger partial charge in [0, 0.05) is 36.0 Å². The van der Waals surface area contributed by atoms with Crippen molar-refractivity contribution in [2.75, 3.05) is 24.6 Å². The van der Waals surface area contributed by atoms with Crippen molar-refractivity contribution >= 4 is 21.8 Å². The van der Waals surface area contributed by atoms with E-state index in [4.69, 9.17) is 4.74 Å². The summed E-state index contributed by atoms with van der Waals surface area (Å²) in [5.74, 6) is 1.20. The number of ether oxygens (including phenoxy) is 1. The second-order valence-electron chi connectivity index (χ2n) is 6.08. The lowest BCUT2D eigenvalue weighted by Crippen LogP contribution is -2.61. The first kappa shape index (κ1) is 16.2. The average molecular weight is 342 g/mol.